The van der Waals surface area contributed by atoms with Crippen LogP contribution in [0.5, 0.6) is 0 Å². The molecule has 1 aliphatic carbocycles. The van der Waals surface area contributed by atoms with Gasteiger partial charge in [0, 0.05) is 31.1 Å². The van der Waals surface area contributed by atoms with Crippen LogP contribution in [0.4, 0.5) is 4.79 Å². The molecule has 2 aliphatic rings. The van der Waals surface area contributed by atoms with Crippen LogP contribution in [0.15, 0.2) is 30.3 Å². The van der Waals surface area contributed by atoms with Gasteiger partial charge in [-0.3, -0.25) is 9.69 Å². The van der Waals surface area contributed by atoms with E-state index >= 15 is 0 Å². The maximum absolute atomic E-state index is 12.5. The number of urea groups is 1. The van der Waals surface area contributed by atoms with E-state index in [0.29, 0.717) is 5.92 Å². The highest BCUT2D eigenvalue weighted by Gasteiger charge is 2.36. The summed E-state index contributed by atoms with van der Waals surface area (Å²) in [6.45, 7) is 4.34. The van der Waals surface area contributed by atoms with Crippen molar-refractivity contribution >= 4 is 12.0 Å². The molecule has 1 saturated carbocycles. The first-order valence-electron chi connectivity index (χ1n) is 9.13. The highest BCUT2D eigenvalue weighted by atomic mass is 16.4. The highest BCUT2D eigenvalue weighted by Crippen LogP contribution is 2.29. The molecule has 3 rings (SSSR count). The van der Waals surface area contributed by atoms with Crippen molar-refractivity contribution in [2.24, 2.45) is 0 Å². The molecule has 1 aliphatic heterocycles. The van der Waals surface area contributed by atoms with Crippen LogP contribution in [0.3, 0.4) is 0 Å². The molecule has 136 valence electrons. The largest absolute Gasteiger partial charge is 0.480 e. The van der Waals surface area contributed by atoms with Crippen LogP contribution in [-0.2, 0) is 4.79 Å². The van der Waals surface area contributed by atoms with Gasteiger partial charge < -0.3 is 15.3 Å². The summed E-state index contributed by atoms with van der Waals surface area (Å²) in [5.41, 5.74) is 1.30. The molecule has 2 N–H and O–H groups in total. The van der Waals surface area contributed by atoms with Crippen molar-refractivity contribution < 1.29 is 14.7 Å². The number of benzene rings is 1. The number of likely N-dealkylation sites (N-methyl/N-ethyl adjacent to an activating group) is 1. The summed E-state index contributed by atoms with van der Waals surface area (Å²) in [7, 11) is 0. The van der Waals surface area contributed by atoms with Crippen molar-refractivity contribution in [1.82, 2.24) is 15.1 Å². The Balaban J connectivity index is 1.43. The first kappa shape index (κ1) is 17.7. The molecule has 0 radical (unpaired) electrons. The van der Waals surface area contributed by atoms with Gasteiger partial charge in [0.15, 0.2) is 0 Å². The van der Waals surface area contributed by atoms with E-state index in [4.69, 9.17) is 5.11 Å². The molecule has 1 aromatic rings. The zero-order chi connectivity index (χ0) is 17.8. The number of aliphatic carboxylic acids is 1. The summed E-state index contributed by atoms with van der Waals surface area (Å²) in [5.74, 6) is -0.370. The predicted molar refractivity (Wildman–Crippen MR) is 95.6 cm³/mol. The number of carbonyl (C=O) groups excluding carboxylic acids is 1. The van der Waals surface area contributed by atoms with Crippen LogP contribution in [0.1, 0.15) is 37.7 Å². The van der Waals surface area contributed by atoms with Crippen LogP contribution in [-0.4, -0.2) is 65.2 Å². The van der Waals surface area contributed by atoms with Gasteiger partial charge in [-0.25, -0.2) is 4.79 Å². The second-order valence-electron chi connectivity index (χ2n) is 7.07. The smallest absolute Gasteiger partial charge is 0.317 e. The van der Waals surface area contributed by atoms with E-state index in [1.54, 1.807) is 0 Å². The summed E-state index contributed by atoms with van der Waals surface area (Å²) < 4.78 is 0. The third-order valence-electron chi connectivity index (χ3n) is 5.45. The number of carboxylic acids is 1. The second-order valence-corrected chi connectivity index (χ2v) is 7.07. The Morgan fingerprint density at radius 3 is 2.64 bits per heavy atom. The number of rotatable bonds is 6. The number of carbonyl (C=O) groups is 2. The Morgan fingerprint density at radius 2 is 2.00 bits per heavy atom. The van der Waals surface area contributed by atoms with E-state index < -0.39 is 5.97 Å². The van der Waals surface area contributed by atoms with Crippen LogP contribution in [0.25, 0.3) is 0 Å². The van der Waals surface area contributed by atoms with Crippen LogP contribution >= 0.6 is 0 Å². The lowest BCUT2D eigenvalue weighted by atomic mass is 9.85. The zero-order valence-electron chi connectivity index (χ0n) is 14.7. The molecular weight excluding hydrogens is 318 g/mol. The number of likely N-dealkylation sites (tertiary alicyclic amines) is 1. The van der Waals surface area contributed by atoms with Crippen LogP contribution in [0, 0.1) is 0 Å². The first-order chi connectivity index (χ1) is 12.1. The fourth-order valence-corrected chi connectivity index (χ4v) is 3.88. The highest BCUT2D eigenvalue weighted by molar-refractivity contribution is 5.75. The third kappa shape index (κ3) is 4.31. The van der Waals surface area contributed by atoms with Crippen molar-refractivity contribution in [2.75, 3.05) is 26.2 Å². The predicted octanol–water partition coefficient (Wildman–Crippen LogP) is 2.12. The van der Waals surface area contributed by atoms with Gasteiger partial charge in [-0.2, -0.15) is 0 Å². The summed E-state index contributed by atoms with van der Waals surface area (Å²) in [4.78, 5) is 27.2. The van der Waals surface area contributed by atoms with Gasteiger partial charge in [-0.15, -0.1) is 0 Å². The van der Waals surface area contributed by atoms with Crippen molar-refractivity contribution in [3.63, 3.8) is 0 Å². The molecule has 1 saturated heterocycles. The molecule has 0 aromatic heterocycles. The van der Waals surface area contributed by atoms with Crippen LogP contribution in [0.2, 0.25) is 0 Å². The standard InChI is InChI=1S/C19H27N3O3/c1-2-21(13-18(23)24)17-10-16(11-17)20-19(25)22-9-8-15(12-22)14-6-4-3-5-7-14/h3-7,15-17H,2,8-13H2,1H3,(H,20,25)(H,23,24). The van der Waals surface area contributed by atoms with E-state index in [9.17, 15) is 9.59 Å². The topological polar surface area (TPSA) is 72.9 Å². The molecule has 6 heteroatoms. The third-order valence-corrected chi connectivity index (χ3v) is 5.45. The summed E-state index contributed by atoms with van der Waals surface area (Å²) >= 11 is 0. The molecule has 1 unspecified atom stereocenters. The van der Waals surface area contributed by atoms with Gasteiger partial charge >= 0.3 is 12.0 Å². The second kappa shape index (κ2) is 7.87. The molecular formula is C19H27N3O3. The quantitative estimate of drug-likeness (QED) is 0.828. The summed E-state index contributed by atoms with van der Waals surface area (Å²) in [6, 6.07) is 10.8. The molecule has 1 aromatic carbocycles. The maximum atomic E-state index is 12.5. The molecule has 0 bridgehead atoms. The van der Waals surface area contributed by atoms with Gasteiger partial charge in [0.25, 0.3) is 0 Å². The van der Waals surface area contributed by atoms with E-state index in [0.717, 1.165) is 38.9 Å². The summed E-state index contributed by atoms with van der Waals surface area (Å²) in [5, 5.41) is 12.0. The fraction of sp³-hybridized carbons (Fsp3) is 0.579. The SMILES string of the molecule is CCN(CC(=O)O)C1CC(NC(=O)N2CCC(c3ccccc3)C2)C1. The Labute approximate surface area is 148 Å². The van der Waals surface area contributed by atoms with Crippen LogP contribution < -0.4 is 5.32 Å². The van der Waals surface area contributed by atoms with Crippen molar-refractivity contribution in [2.45, 2.75) is 44.2 Å². The van der Waals surface area contributed by atoms with Crippen molar-refractivity contribution in [3.8, 4) is 0 Å². The average molecular weight is 345 g/mol. The van der Waals surface area contributed by atoms with E-state index in [2.05, 4.69) is 17.4 Å². The van der Waals surface area contributed by atoms with Gasteiger partial charge in [0.05, 0.1) is 6.54 Å². The maximum Gasteiger partial charge on any atom is 0.317 e. The van der Waals surface area contributed by atoms with Gasteiger partial charge in [0.2, 0.25) is 0 Å². The Morgan fingerprint density at radius 1 is 1.28 bits per heavy atom. The molecule has 6 nitrogen and oxygen atoms in total. The summed E-state index contributed by atoms with van der Waals surface area (Å²) in [6.07, 6.45) is 2.68. The number of hydrogen-bond donors (Lipinski definition) is 2. The Bertz CT molecular complexity index is 601. The van der Waals surface area contributed by atoms with Crippen molar-refractivity contribution in [1.29, 1.82) is 0 Å². The number of hydrogen-bond acceptors (Lipinski definition) is 3. The average Bonchev–Trinajstić information content (AvgIpc) is 3.06. The number of nitrogens with one attached hydrogen (secondary N) is 1. The van der Waals surface area contributed by atoms with E-state index in [1.165, 1.54) is 5.56 Å². The monoisotopic (exact) mass is 345 g/mol. The lowest BCUT2D eigenvalue weighted by Gasteiger charge is -2.42. The fourth-order valence-electron chi connectivity index (χ4n) is 3.88. The number of nitrogens with zero attached hydrogens (tertiary/aromatic N) is 2. The first-order valence-corrected chi connectivity index (χ1v) is 9.13. The molecule has 2 fully saturated rings. The molecule has 25 heavy (non-hydrogen) atoms. The Hall–Kier alpha value is -2.08. The van der Waals surface area contributed by atoms with E-state index in [-0.39, 0.29) is 24.7 Å². The molecule has 1 atom stereocenters. The molecule has 0 spiro atoms. The van der Waals surface area contributed by atoms with Gasteiger partial charge in [0.1, 0.15) is 0 Å². The molecule has 2 amide bonds. The van der Waals surface area contributed by atoms with Crippen molar-refractivity contribution in [3.05, 3.63) is 35.9 Å². The lowest BCUT2D eigenvalue weighted by molar-refractivity contribution is -0.139. The van der Waals surface area contributed by atoms with Gasteiger partial charge in [-0.1, -0.05) is 37.3 Å². The number of carboxylic acid groups (broad SMARTS) is 1. The number of amides is 2. The normalized spacial score (nSPS) is 25.7. The Kier molecular flexibility index (Phi) is 5.58. The van der Waals surface area contributed by atoms with Gasteiger partial charge in [-0.05, 0) is 31.4 Å². The lowest BCUT2D eigenvalue weighted by Crippen LogP contribution is -2.56. The minimum atomic E-state index is -0.793. The zero-order valence-corrected chi connectivity index (χ0v) is 14.7. The minimum Gasteiger partial charge on any atom is -0.480 e. The minimum absolute atomic E-state index is 0.0168. The molecule has 1 heterocycles. The van der Waals surface area contributed by atoms with E-state index in [1.807, 2.05) is 34.9 Å².